The van der Waals surface area contributed by atoms with Crippen molar-refractivity contribution in [2.45, 2.75) is 38.0 Å². The fourth-order valence-electron chi connectivity index (χ4n) is 4.84. The van der Waals surface area contributed by atoms with Gasteiger partial charge in [0.1, 0.15) is 17.5 Å². The average molecular weight is 453 g/mol. The maximum Gasteiger partial charge on any atom is 0.257 e. The van der Waals surface area contributed by atoms with E-state index in [-0.39, 0.29) is 24.1 Å². The van der Waals surface area contributed by atoms with Gasteiger partial charge in [0.05, 0.1) is 31.1 Å². The molecule has 3 atom stereocenters. The van der Waals surface area contributed by atoms with Crippen molar-refractivity contribution in [1.29, 1.82) is 0 Å². The number of ether oxygens (including phenoxy) is 1. The summed E-state index contributed by atoms with van der Waals surface area (Å²) < 4.78 is 22.3. The van der Waals surface area contributed by atoms with Crippen LogP contribution in [0.5, 0.6) is 5.88 Å². The van der Waals surface area contributed by atoms with Crippen LogP contribution in [0.2, 0.25) is 0 Å². The summed E-state index contributed by atoms with van der Waals surface area (Å²) in [4.78, 5) is 30.4. The second-order valence-corrected chi connectivity index (χ2v) is 8.54. The van der Waals surface area contributed by atoms with E-state index in [4.69, 9.17) is 9.57 Å². The zero-order valence-electron chi connectivity index (χ0n) is 18.1. The Balaban J connectivity index is 1.51. The molecule has 33 heavy (non-hydrogen) atoms. The third-order valence-corrected chi connectivity index (χ3v) is 6.60. The average Bonchev–Trinajstić information content (AvgIpc) is 3.47. The highest BCUT2D eigenvalue weighted by Gasteiger charge is 2.37. The van der Waals surface area contributed by atoms with Crippen LogP contribution in [-0.2, 0) is 4.84 Å². The van der Waals surface area contributed by atoms with Crippen LogP contribution in [0, 0.1) is 5.82 Å². The maximum atomic E-state index is 14.3. The van der Waals surface area contributed by atoms with Gasteiger partial charge in [0, 0.05) is 37.3 Å². The number of likely N-dealkylation sites (tertiary alicyclic amines) is 1. The third kappa shape index (κ3) is 3.47. The second kappa shape index (κ2) is 7.92. The fourth-order valence-corrected chi connectivity index (χ4v) is 4.84. The van der Waals surface area contributed by atoms with Gasteiger partial charge < -0.3 is 10.1 Å². The zero-order chi connectivity index (χ0) is 22.5. The van der Waals surface area contributed by atoms with Crippen LogP contribution in [0.15, 0.2) is 30.7 Å². The molecule has 1 unspecified atom stereocenters. The highest BCUT2D eigenvalue weighted by Crippen LogP contribution is 2.38. The summed E-state index contributed by atoms with van der Waals surface area (Å²) in [6.45, 7) is 4.87. The number of anilines is 1. The van der Waals surface area contributed by atoms with Crippen LogP contribution in [0.1, 0.15) is 41.7 Å². The molecule has 2 fully saturated rings. The molecule has 2 bridgehead atoms. The molecule has 0 spiro atoms. The minimum atomic E-state index is -0.446. The number of halogens is 1. The zero-order valence-corrected chi connectivity index (χ0v) is 18.1. The van der Waals surface area contributed by atoms with Crippen LogP contribution in [0.3, 0.4) is 0 Å². The lowest BCUT2D eigenvalue weighted by atomic mass is 10.0. The molecule has 10 nitrogen and oxygen atoms in total. The summed E-state index contributed by atoms with van der Waals surface area (Å²) in [6.07, 6.45) is 5.40. The Morgan fingerprint density at radius 1 is 1.30 bits per heavy atom. The predicted octanol–water partition coefficient (Wildman–Crippen LogP) is 1.73. The lowest BCUT2D eigenvalue weighted by Gasteiger charge is -2.38. The van der Waals surface area contributed by atoms with Crippen molar-refractivity contribution in [3.05, 3.63) is 47.7 Å². The molecule has 3 aliphatic heterocycles. The van der Waals surface area contributed by atoms with Gasteiger partial charge in [-0.15, -0.1) is 0 Å². The monoisotopic (exact) mass is 453 g/mol. The van der Waals surface area contributed by atoms with E-state index >= 15 is 0 Å². The van der Waals surface area contributed by atoms with E-state index in [0.29, 0.717) is 48.0 Å². The quantitative estimate of drug-likeness (QED) is 0.595. The third-order valence-electron chi connectivity index (χ3n) is 6.60. The number of fused-ring (bicyclic) bond motifs is 6. The number of nitrogens with one attached hydrogen (secondary N) is 1. The molecule has 11 heteroatoms. The predicted molar refractivity (Wildman–Crippen MR) is 115 cm³/mol. The van der Waals surface area contributed by atoms with Crippen molar-refractivity contribution in [2.75, 3.05) is 31.3 Å². The molecule has 6 heterocycles. The smallest absolute Gasteiger partial charge is 0.257 e. The first kappa shape index (κ1) is 20.3. The molecule has 3 aromatic rings. The van der Waals surface area contributed by atoms with Gasteiger partial charge in [-0.05, 0) is 19.0 Å². The van der Waals surface area contributed by atoms with Crippen LogP contribution in [-0.4, -0.2) is 68.8 Å². The number of piperidine rings is 1. The molecular weight excluding hydrogens is 429 g/mol. The topological polar surface area (TPSA) is 97.1 Å². The number of amides is 1. The molecule has 0 saturated carbocycles. The number of carbonyl (C=O) groups excluding carboxylic acids is 1. The maximum absolute atomic E-state index is 14.3. The van der Waals surface area contributed by atoms with E-state index in [2.05, 4.69) is 32.2 Å². The van der Waals surface area contributed by atoms with Crippen LogP contribution in [0.25, 0.3) is 5.65 Å². The summed E-state index contributed by atoms with van der Waals surface area (Å²) in [7, 11) is 0. The number of pyridine rings is 1. The van der Waals surface area contributed by atoms with E-state index in [1.165, 1.54) is 12.3 Å². The molecule has 1 N–H and O–H groups in total. The van der Waals surface area contributed by atoms with Crippen molar-refractivity contribution < 1.29 is 18.8 Å². The Kier molecular flexibility index (Phi) is 4.88. The van der Waals surface area contributed by atoms with E-state index in [0.717, 1.165) is 25.7 Å². The molecule has 172 valence electrons. The molecule has 2 saturated heterocycles. The summed E-state index contributed by atoms with van der Waals surface area (Å²) in [6, 6.07) is 2.63. The van der Waals surface area contributed by atoms with Crippen LogP contribution < -0.4 is 15.1 Å². The number of nitrogens with zero attached hydrogens (tertiary/aromatic N) is 6. The van der Waals surface area contributed by atoms with Gasteiger partial charge in [-0.25, -0.2) is 23.9 Å². The molecular formula is C22H24FN7O3. The molecule has 3 aliphatic rings. The summed E-state index contributed by atoms with van der Waals surface area (Å²) in [5, 5.41) is 9.04. The molecule has 6 rings (SSSR count). The molecule has 1 amide bonds. The second-order valence-electron chi connectivity index (χ2n) is 8.54. The fraction of sp³-hybridized carbons (Fsp3) is 0.455. The van der Waals surface area contributed by atoms with Gasteiger partial charge in [-0.1, -0.05) is 6.92 Å². The van der Waals surface area contributed by atoms with Gasteiger partial charge >= 0.3 is 0 Å². The standard InChI is InChI=1S/C22H24FN7O3/c1-2-28-6-3-16-18(12-28)33-22-14(9-13(23)10-24-22)17-5-8-32-30(17)19-4-7-29-20(27-19)15(11-25-29)21(31)26-16/h4,7,9-11,16-18H,2-3,5-6,8,12H2,1H3,(H,26,31)/t16-,17+,18?/m1/s1. The Morgan fingerprint density at radius 2 is 2.21 bits per heavy atom. The summed E-state index contributed by atoms with van der Waals surface area (Å²) in [5.41, 5.74) is 1.41. The first-order valence-electron chi connectivity index (χ1n) is 11.2. The van der Waals surface area contributed by atoms with Gasteiger partial charge in [-0.2, -0.15) is 5.10 Å². The number of hydrogen-bond donors (Lipinski definition) is 1. The lowest BCUT2D eigenvalue weighted by molar-refractivity contribution is 0.0508. The number of aromatic nitrogens is 4. The Hall–Kier alpha value is -3.31. The molecule has 0 radical (unpaired) electrons. The number of likely N-dealkylation sites (N-methyl/N-ethyl adjacent to an activating group) is 1. The van der Waals surface area contributed by atoms with Crippen molar-refractivity contribution in [3.8, 4) is 5.88 Å². The lowest BCUT2D eigenvalue weighted by Crippen LogP contribution is -2.56. The van der Waals surface area contributed by atoms with Crippen molar-refractivity contribution >= 4 is 17.4 Å². The summed E-state index contributed by atoms with van der Waals surface area (Å²) >= 11 is 0. The highest BCUT2D eigenvalue weighted by atomic mass is 19.1. The summed E-state index contributed by atoms with van der Waals surface area (Å²) in [5.74, 6) is 0.147. The Morgan fingerprint density at radius 3 is 3.09 bits per heavy atom. The molecule has 3 aromatic heterocycles. The van der Waals surface area contributed by atoms with E-state index < -0.39 is 5.82 Å². The van der Waals surface area contributed by atoms with Crippen molar-refractivity contribution in [1.82, 2.24) is 29.8 Å². The number of carbonyl (C=O) groups is 1. The molecule has 0 aliphatic carbocycles. The van der Waals surface area contributed by atoms with Gasteiger partial charge in [-0.3, -0.25) is 14.5 Å². The van der Waals surface area contributed by atoms with E-state index in [1.54, 1.807) is 21.8 Å². The minimum absolute atomic E-state index is 0.241. The first-order chi connectivity index (χ1) is 16.1. The SMILES string of the molecule is CCN1CC[C@H]2NC(=O)c3cnn4ccc(nc34)N3OCC[C@H]3c3cc(F)cnc3OC2C1. The number of hydroxylamine groups is 1. The minimum Gasteiger partial charge on any atom is -0.471 e. The largest absolute Gasteiger partial charge is 0.471 e. The first-order valence-corrected chi connectivity index (χ1v) is 11.2. The van der Waals surface area contributed by atoms with Crippen LogP contribution >= 0.6 is 0 Å². The number of rotatable bonds is 1. The van der Waals surface area contributed by atoms with Crippen LogP contribution in [0.4, 0.5) is 10.2 Å². The number of hydrogen-bond acceptors (Lipinski definition) is 8. The van der Waals surface area contributed by atoms with Gasteiger partial charge in [0.2, 0.25) is 5.88 Å². The Bertz CT molecular complexity index is 1220. The van der Waals surface area contributed by atoms with E-state index in [1.807, 2.05) is 0 Å². The molecule has 0 aromatic carbocycles. The van der Waals surface area contributed by atoms with Gasteiger partial charge in [0.15, 0.2) is 11.5 Å². The normalized spacial score (nSPS) is 25.3. The van der Waals surface area contributed by atoms with E-state index in [9.17, 15) is 9.18 Å². The Labute approximate surface area is 189 Å². The van der Waals surface area contributed by atoms with Gasteiger partial charge in [0.25, 0.3) is 5.91 Å². The van der Waals surface area contributed by atoms with Crippen molar-refractivity contribution in [3.63, 3.8) is 0 Å². The highest BCUT2D eigenvalue weighted by molar-refractivity contribution is 6.00. The van der Waals surface area contributed by atoms with Crippen molar-refractivity contribution in [2.24, 2.45) is 0 Å².